The third-order valence-corrected chi connectivity index (χ3v) is 9.66. The molecular weight excluding hydrogens is 589 g/mol. The van der Waals surface area contributed by atoms with Gasteiger partial charge in [0.05, 0.1) is 17.7 Å². The lowest BCUT2D eigenvalue weighted by Crippen LogP contribution is -2.25. The molecule has 0 amide bonds. The van der Waals surface area contributed by atoms with Crippen molar-refractivity contribution in [2.24, 2.45) is 0 Å². The first kappa shape index (κ1) is 31.6. The first-order valence-electron chi connectivity index (χ1n) is 16.9. The summed E-state index contributed by atoms with van der Waals surface area (Å²) in [5.41, 5.74) is 10.9. The minimum Gasteiger partial charge on any atom is -0.457 e. The highest BCUT2D eigenvalue weighted by Crippen LogP contribution is 2.39. The topological polar surface area (TPSA) is 33.5 Å². The number of anilines is 2. The molecule has 1 aliphatic heterocycles. The minimum atomic E-state index is -0.0535. The summed E-state index contributed by atoms with van der Waals surface area (Å²) >= 11 is 0. The molecule has 6 aromatic rings. The molecule has 244 valence electrons. The Labute approximate surface area is 285 Å². The highest BCUT2D eigenvalue weighted by atomic mass is 16.5. The van der Waals surface area contributed by atoms with Gasteiger partial charge in [0.1, 0.15) is 17.3 Å². The van der Waals surface area contributed by atoms with E-state index in [1.807, 2.05) is 6.20 Å². The zero-order valence-corrected chi connectivity index (χ0v) is 29.7. The lowest BCUT2D eigenvalue weighted by Gasteiger charge is -2.26. The van der Waals surface area contributed by atoms with Crippen LogP contribution >= 0.6 is 0 Å². The molecule has 0 radical (unpaired) electrons. The maximum atomic E-state index is 6.75. The number of ether oxygens (including phenoxy) is 1. The van der Waals surface area contributed by atoms with E-state index in [-0.39, 0.29) is 10.8 Å². The average molecular weight is 635 g/mol. The van der Waals surface area contributed by atoms with Gasteiger partial charge in [-0.25, -0.2) is 4.98 Å². The predicted octanol–water partition coefficient (Wildman–Crippen LogP) is 11.2. The molecule has 0 unspecified atom stereocenters. The van der Waals surface area contributed by atoms with E-state index >= 15 is 0 Å². The summed E-state index contributed by atoms with van der Waals surface area (Å²) in [5, 5.41) is 2.37. The van der Waals surface area contributed by atoms with Gasteiger partial charge in [-0.2, -0.15) is 0 Å². The van der Waals surface area contributed by atoms with Crippen LogP contribution in [0.5, 0.6) is 11.5 Å². The van der Waals surface area contributed by atoms with Crippen LogP contribution in [-0.4, -0.2) is 16.2 Å². The fourth-order valence-corrected chi connectivity index (χ4v) is 6.64. The lowest BCUT2D eigenvalue weighted by molar-refractivity contribution is 0.479. The van der Waals surface area contributed by atoms with Gasteiger partial charge in [0, 0.05) is 52.9 Å². The Hall–Kier alpha value is -5.03. The molecule has 0 saturated carbocycles. The zero-order valence-electron chi connectivity index (χ0n) is 29.7. The molecule has 0 atom stereocenters. The van der Waals surface area contributed by atoms with Gasteiger partial charge >= 0.3 is 0 Å². The van der Waals surface area contributed by atoms with E-state index in [0.717, 1.165) is 40.7 Å². The highest BCUT2D eigenvalue weighted by Gasteiger charge is 2.23. The van der Waals surface area contributed by atoms with Gasteiger partial charge in [-0.1, -0.05) is 65.8 Å². The quantitative estimate of drug-likeness (QED) is 0.189. The van der Waals surface area contributed by atoms with Crippen LogP contribution in [0.2, 0.25) is 0 Å². The second kappa shape index (κ2) is 11.6. The molecule has 0 aliphatic carbocycles. The van der Waals surface area contributed by atoms with Crippen molar-refractivity contribution in [3.05, 3.63) is 131 Å². The van der Waals surface area contributed by atoms with Crippen LogP contribution < -0.4 is 14.5 Å². The third kappa shape index (κ3) is 5.83. The second-order valence-electron chi connectivity index (χ2n) is 15.4. The molecular formula is C43H46N4O. The Kier molecular flexibility index (Phi) is 7.62. The van der Waals surface area contributed by atoms with E-state index in [1.54, 1.807) is 0 Å². The summed E-state index contributed by atoms with van der Waals surface area (Å²) in [7, 11) is 0. The van der Waals surface area contributed by atoms with Crippen LogP contribution in [0.15, 0.2) is 104 Å². The normalized spacial score (nSPS) is 13.7. The number of aryl methyl sites for hydroxylation is 3. The van der Waals surface area contributed by atoms with Crippen molar-refractivity contribution < 1.29 is 4.74 Å². The molecule has 0 N–H and O–H groups in total. The summed E-state index contributed by atoms with van der Waals surface area (Å²) in [4.78, 5) is 9.47. The summed E-state index contributed by atoms with van der Waals surface area (Å²) in [6.45, 7) is 20.8. The maximum absolute atomic E-state index is 6.75. The maximum Gasteiger partial charge on any atom is 0.137 e. The van der Waals surface area contributed by atoms with Gasteiger partial charge in [-0.3, -0.25) is 4.57 Å². The number of rotatable bonds is 5. The van der Waals surface area contributed by atoms with Crippen molar-refractivity contribution >= 4 is 33.2 Å². The monoisotopic (exact) mass is 634 g/mol. The largest absolute Gasteiger partial charge is 0.457 e. The fourth-order valence-electron chi connectivity index (χ4n) is 6.64. The zero-order chi connectivity index (χ0) is 34.0. The molecule has 5 nitrogen and oxygen atoms in total. The number of benzene rings is 4. The number of fused-ring (bicyclic) bond motifs is 3. The van der Waals surface area contributed by atoms with E-state index in [4.69, 9.17) is 9.72 Å². The van der Waals surface area contributed by atoms with E-state index in [1.165, 1.54) is 44.3 Å². The van der Waals surface area contributed by atoms with Crippen molar-refractivity contribution in [1.29, 1.82) is 0 Å². The first-order chi connectivity index (χ1) is 22.8. The summed E-state index contributed by atoms with van der Waals surface area (Å²) in [6.07, 6.45) is 6.27. The molecule has 48 heavy (non-hydrogen) atoms. The smallest absolute Gasteiger partial charge is 0.137 e. The number of hydrogen-bond donors (Lipinski definition) is 0. The molecule has 2 aromatic heterocycles. The summed E-state index contributed by atoms with van der Waals surface area (Å²) in [6, 6.07) is 30.5. The Morgan fingerprint density at radius 1 is 0.604 bits per heavy atom. The highest BCUT2D eigenvalue weighted by molar-refractivity contribution is 6.09. The second-order valence-corrected chi connectivity index (χ2v) is 15.4. The van der Waals surface area contributed by atoms with Crippen molar-refractivity contribution in [3.8, 4) is 17.3 Å². The van der Waals surface area contributed by atoms with Gasteiger partial charge in [0.15, 0.2) is 0 Å². The van der Waals surface area contributed by atoms with Crippen molar-refractivity contribution in [1.82, 2.24) is 9.55 Å². The molecule has 5 heteroatoms. The first-order valence-corrected chi connectivity index (χ1v) is 16.9. The van der Waals surface area contributed by atoms with Gasteiger partial charge in [0.2, 0.25) is 0 Å². The van der Waals surface area contributed by atoms with Crippen LogP contribution in [0.4, 0.5) is 11.4 Å². The van der Waals surface area contributed by atoms with E-state index < -0.39 is 0 Å². The van der Waals surface area contributed by atoms with Gasteiger partial charge < -0.3 is 14.5 Å². The van der Waals surface area contributed by atoms with Gasteiger partial charge in [-0.05, 0) is 108 Å². The SMILES string of the molecule is Cc1cc(C)c(N2C=CN(c3cc(Oc4ccc5c6ccccc6n(-c6cc(C(C)(C)C)ccn6)c5c4)cc(C(C)(C)C)c3)C2)cc1C. The lowest BCUT2D eigenvalue weighted by atomic mass is 9.86. The number of nitrogens with zero attached hydrogens (tertiary/aromatic N) is 4. The van der Waals surface area contributed by atoms with E-state index in [0.29, 0.717) is 0 Å². The van der Waals surface area contributed by atoms with Crippen LogP contribution in [0.25, 0.3) is 27.6 Å². The molecule has 7 rings (SSSR count). The summed E-state index contributed by atoms with van der Waals surface area (Å²) < 4.78 is 9.01. The van der Waals surface area contributed by atoms with Gasteiger partial charge in [0.25, 0.3) is 0 Å². The third-order valence-electron chi connectivity index (χ3n) is 9.66. The number of hydrogen-bond acceptors (Lipinski definition) is 4. The molecule has 1 aliphatic rings. The van der Waals surface area contributed by atoms with Crippen LogP contribution in [0.1, 0.15) is 69.4 Å². The number of aromatic nitrogens is 2. The van der Waals surface area contributed by atoms with Crippen LogP contribution in [0, 0.1) is 20.8 Å². The van der Waals surface area contributed by atoms with E-state index in [9.17, 15) is 0 Å². The minimum absolute atomic E-state index is 0.0139. The molecule has 4 aromatic carbocycles. The number of para-hydroxylation sites is 1. The molecule has 3 heterocycles. The fraction of sp³-hybridized carbons (Fsp3) is 0.279. The Bertz CT molecular complexity index is 2210. The van der Waals surface area contributed by atoms with Crippen molar-refractivity contribution in [2.75, 3.05) is 16.5 Å². The Balaban J connectivity index is 1.27. The predicted molar refractivity (Wildman–Crippen MR) is 202 cm³/mol. The standard InChI is InChI=1S/C43H46N4O/c1-28-20-30(3)39(21-29(28)2)46-19-18-45(27-46)33-22-32(43(7,8)9)23-35(25-33)48-34-14-15-37-36-12-10-11-13-38(36)47(40(37)26-34)41-24-31(16-17-44-41)42(4,5)6/h10-26H,27H2,1-9H3. The molecule has 0 fully saturated rings. The molecule has 0 saturated heterocycles. The Morgan fingerprint density at radius 3 is 2.08 bits per heavy atom. The van der Waals surface area contributed by atoms with Crippen LogP contribution in [0.3, 0.4) is 0 Å². The molecule has 0 spiro atoms. The molecule has 0 bridgehead atoms. The van der Waals surface area contributed by atoms with Crippen molar-refractivity contribution in [3.63, 3.8) is 0 Å². The number of pyridine rings is 1. The van der Waals surface area contributed by atoms with E-state index in [2.05, 4.69) is 174 Å². The Morgan fingerprint density at radius 2 is 1.31 bits per heavy atom. The summed E-state index contributed by atoms with van der Waals surface area (Å²) in [5.74, 6) is 2.52. The van der Waals surface area contributed by atoms with Gasteiger partial charge in [-0.15, -0.1) is 0 Å². The van der Waals surface area contributed by atoms with Crippen molar-refractivity contribution in [2.45, 2.75) is 73.1 Å². The average Bonchev–Trinajstić information content (AvgIpc) is 3.65. The van der Waals surface area contributed by atoms with Crippen LogP contribution in [-0.2, 0) is 10.8 Å².